The molecule has 2 N–H and O–H groups in total. The number of halogens is 4. The summed E-state index contributed by atoms with van der Waals surface area (Å²) in [5.74, 6) is 0.547. The summed E-state index contributed by atoms with van der Waals surface area (Å²) in [6.45, 7) is 9.40. The van der Waals surface area contributed by atoms with Crippen LogP contribution in [0.25, 0.3) is 5.57 Å². The van der Waals surface area contributed by atoms with Crippen molar-refractivity contribution in [2.24, 2.45) is 5.73 Å². The zero-order chi connectivity index (χ0) is 22.0. The fourth-order valence-corrected chi connectivity index (χ4v) is 2.75. The molecule has 29 heavy (non-hydrogen) atoms. The highest BCUT2D eigenvalue weighted by Gasteiger charge is 2.54. The van der Waals surface area contributed by atoms with E-state index in [1.807, 2.05) is 6.92 Å². The van der Waals surface area contributed by atoms with Gasteiger partial charge < -0.3 is 19.8 Å². The van der Waals surface area contributed by atoms with Crippen molar-refractivity contribution in [1.29, 1.82) is 0 Å². The summed E-state index contributed by atoms with van der Waals surface area (Å²) >= 11 is 0. The SMILES string of the molecule is CCCOc1ccc(C(CC(N)C(F)(F)F)=C(F)B2OC(C)(C)C(C)(C)O2)cc1. The molecule has 9 heteroatoms. The Kier molecular flexibility index (Phi) is 7.07. The Morgan fingerprint density at radius 3 is 2.07 bits per heavy atom. The highest BCUT2D eigenvalue weighted by atomic mass is 19.4. The topological polar surface area (TPSA) is 53.7 Å². The Balaban J connectivity index is 2.41. The first-order valence-corrected chi connectivity index (χ1v) is 9.58. The summed E-state index contributed by atoms with van der Waals surface area (Å²) in [6.07, 6.45) is -4.59. The molecular weight excluding hydrogens is 389 g/mol. The number of benzene rings is 1. The Labute approximate surface area is 169 Å². The van der Waals surface area contributed by atoms with Crippen molar-refractivity contribution in [2.75, 3.05) is 6.61 Å². The fraction of sp³-hybridized carbons (Fsp3) is 0.600. The molecule has 1 saturated heterocycles. The number of alkyl halides is 3. The van der Waals surface area contributed by atoms with E-state index in [-0.39, 0.29) is 11.1 Å². The molecule has 1 aliphatic rings. The van der Waals surface area contributed by atoms with Gasteiger partial charge in [-0.1, -0.05) is 19.1 Å². The van der Waals surface area contributed by atoms with Crippen LogP contribution in [0.2, 0.25) is 0 Å². The molecule has 0 aromatic heterocycles. The van der Waals surface area contributed by atoms with Crippen molar-refractivity contribution in [2.45, 2.75) is 70.9 Å². The first-order chi connectivity index (χ1) is 13.3. The van der Waals surface area contributed by atoms with Gasteiger partial charge in [-0.05, 0) is 63.8 Å². The number of hydrogen-bond acceptors (Lipinski definition) is 4. The number of rotatable bonds is 7. The number of ether oxygens (including phenoxy) is 1. The van der Waals surface area contributed by atoms with E-state index in [1.54, 1.807) is 39.8 Å². The normalized spacial score (nSPS) is 20.4. The summed E-state index contributed by atoms with van der Waals surface area (Å²) in [6, 6.07) is 3.97. The predicted molar refractivity (Wildman–Crippen MR) is 105 cm³/mol. The van der Waals surface area contributed by atoms with Crippen LogP contribution >= 0.6 is 0 Å². The molecule has 0 saturated carbocycles. The molecule has 1 aliphatic heterocycles. The zero-order valence-corrected chi connectivity index (χ0v) is 17.4. The minimum atomic E-state index is -4.66. The zero-order valence-electron chi connectivity index (χ0n) is 17.4. The average molecular weight is 417 g/mol. The largest absolute Gasteiger partial charge is 0.525 e. The molecule has 1 aromatic carbocycles. The smallest absolute Gasteiger partial charge is 0.494 e. The van der Waals surface area contributed by atoms with Gasteiger partial charge in [0.2, 0.25) is 0 Å². The first kappa shape index (κ1) is 23.7. The maximum atomic E-state index is 15.4. The molecule has 1 unspecified atom stereocenters. The molecule has 0 radical (unpaired) electrons. The Morgan fingerprint density at radius 2 is 1.62 bits per heavy atom. The highest BCUT2D eigenvalue weighted by molar-refractivity contribution is 6.55. The second kappa shape index (κ2) is 8.66. The van der Waals surface area contributed by atoms with Gasteiger partial charge >= 0.3 is 13.3 Å². The second-order valence-corrected chi connectivity index (χ2v) is 8.14. The molecule has 0 aliphatic carbocycles. The van der Waals surface area contributed by atoms with Gasteiger partial charge in [-0.25, -0.2) is 4.39 Å². The molecule has 1 fully saturated rings. The van der Waals surface area contributed by atoms with Crippen LogP contribution < -0.4 is 10.5 Å². The van der Waals surface area contributed by atoms with Crippen molar-refractivity contribution < 1.29 is 31.6 Å². The second-order valence-electron chi connectivity index (χ2n) is 8.14. The van der Waals surface area contributed by atoms with Gasteiger partial charge in [0.05, 0.1) is 17.8 Å². The molecule has 162 valence electrons. The lowest BCUT2D eigenvalue weighted by Crippen LogP contribution is -2.41. The molecule has 1 aromatic rings. The average Bonchev–Trinajstić information content (AvgIpc) is 2.84. The summed E-state index contributed by atoms with van der Waals surface area (Å²) in [4.78, 5) is 0. The van der Waals surface area contributed by atoms with Crippen LogP contribution in [-0.2, 0) is 9.31 Å². The van der Waals surface area contributed by atoms with Gasteiger partial charge in [-0.2, -0.15) is 13.2 Å². The summed E-state index contributed by atoms with van der Waals surface area (Å²) in [7, 11) is -1.41. The number of nitrogens with two attached hydrogens (primary N) is 1. The van der Waals surface area contributed by atoms with Crippen molar-refractivity contribution >= 4 is 12.7 Å². The Bertz CT molecular complexity index is 716. The van der Waals surface area contributed by atoms with Crippen LogP contribution in [0.3, 0.4) is 0 Å². The maximum Gasteiger partial charge on any atom is 0.525 e. The van der Waals surface area contributed by atoms with Gasteiger partial charge in [-0.15, -0.1) is 0 Å². The molecular formula is C20H28BF4NO3. The molecule has 4 nitrogen and oxygen atoms in total. The van der Waals surface area contributed by atoms with Crippen molar-refractivity contribution in [1.82, 2.24) is 0 Å². The Morgan fingerprint density at radius 1 is 1.10 bits per heavy atom. The van der Waals surface area contributed by atoms with Crippen LogP contribution in [-0.4, -0.2) is 37.1 Å². The third-order valence-corrected chi connectivity index (χ3v) is 5.27. The standard InChI is InChI=1S/C20H28BF4NO3/c1-6-11-27-14-9-7-13(8-10-14)15(12-16(26)20(23,24)25)17(22)21-28-18(2,3)19(4,5)29-21/h7-10,16H,6,11-12,26H2,1-5H3. The van der Waals surface area contributed by atoms with E-state index in [9.17, 15) is 13.2 Å². The van der Waals surface area contributed by atoms with Gasteiger partial charge in [0, 0.05) is 0 Å². The monoisotopic (exact) mass is 417 g/mol. The van der Waals surface area contributed by atoms with E-state index in [0.717, 1.165) is 6.42 Å². The third-order valence-electron chi connectivity index (χ3n) is 5.27. The van der Waals surface area contributed by atoms with Crippen LogP contribution in [0.5, 0.6) is 5.75 Å². The van der Waals surface area contributed by atoms with E-state index in [2.05, 4.69) is 0 Å². The highest BCUT2D eigenvalue weighted by Crippen LogP contribution is 2.41. The van der Waals surface area contributed by atoms with E-state index in [4.69, 9.17) is 19.8 Å². The van der Waals surface area contributed by atoms with Crippen LogP contribution in [0, 0.1) is 0 Å². The molecule has 0 amide bonds. The summed E-state index contributed by atoms with van der Waals surface area (Å²) in [5, 5.41) is 0. The Hall–Kier alpha value is -1.58. The lowest BCUT2D eigenvalue weighted by Gasteiger charge is -2.32. The van der Waals surface area contributed by atoms with Crippen LogP contribution in [0.15, 0.2) is 30.0 Å². The van der Waals surface area contributed by atoms with E-state index >= 15 is 4.39 Å². The molecule has 2 rings (SSSR count). The van der Waals surface area contributed by atoms with Crippen LogP contribution in [0.1, 0.15) is 53.0 Å². The maximum absolute atomic E-state index is 15.4. The molecule has 0 bridgehead atoms. The van der Waals surface area contributed by atoms with Gasteiger partial charge in [-0.3, -0.25) is 0 Å². The van der Waals surface area contributed by atoms with Crippen LogP contribution in [0.4, 0.5) is 17.6 Å². The van der Waals surface area contributed by atoms with Crippen molar-refractivity contribution in [3.05, 3.63) is 35.6 Å². The quantitative estimate of drug-likeness (QED) is 0.498. The molecule has 1 heterocycles. The summed E-state index contributed by atoms with van der Waals surface area (Å²) in [5.41, 5.74) is 2.79. The van der Waals surface area contributed by atoms with E-state index < -0.39 is 42.7 Å². The molecule has 1 atom stereocenters. The van der Waals surface area contributed by atoms with Gasteiger partial charge in [0.15, 0.2) is 0 Å². The summed E-state index contributed by atoms with van der Waals surface area (Å²) < 4.78 is 71.4. The number of hydrogen-bond donors (Lipinski definition) is 1. The third kappa shape index (κ3) is 5.52. The lowest BCUT2D eigenvalue weighted by atomic mass is 9.81. The minimum absolute atomic E-state index is 0.199. The lowest BCUT2D eigenvalue weighted by molar-refractivity contribution is -0.146. The van der Waals surface area contributed by atoms with Crippen molar-refractivity contribution in [3.8, 4) is 5.75 Å². The van der Waals surface area contributed by atoms with Crippen molar-refractivity contribution in [3.63, 3.8) is 0 Å². The van der Waals surface area contributed by atoms with E-state index in [0.29, 0.717) is 12.4 Å². The van der Waals surface area contributed by atoms with Gasteiger partial charge in [0.25, 0.3) is 0 Å². The predicted octanol–water partition coefficient (Wildman–Crippen LogP) is 5.07. The van der Waals surface area contributed by atoms with E-state index in [1.165, 1.54) is 12.1 Å². The van der Waals surface area contributed by atoms with Gasteiger partial charge in [0.1, 0.15) is 17.5 Å². The minimum Gasteiger partial charge on any atom is -0.494 e. The first-order valence-electron chi connectivity index (χ1n) is 9.58. The fourth-order valence-electron chi connectivity index (χ4n) is 2.75. The molecule has 0 spiro atoms.